The molecule has 0 saturated heterocycles. The quantitative estimate of drug-likeness (QED) is 0.844. The fraction of sp³-hybridized carbons (Fsp3) is 0.824. The van der Waals surface area contributed by atoms with Crippen LogP contribution >= 0.6 is 11.3 Å². The molecular weight excluding hydrogens is 278 g/mol. The van der Waals surface area contributed by atoms with Crippen molar-refractivity contribution in [3.05, 3.63) is 10.6 Å². The van der Waals surface area contributed by atoms with Gasteiger partial charge in [0.1, 0.15) is 0 Å². The zero-order chi connectivity index (χ0) is 15.4. The maximum atomic E-state index is 5.01. The first kappa shape index (κ1) is 16.8. The van der Waals surface area contributed by atoms with Gasteiger partial charge in [-0.25, -0.2) is 4.98 Å². The van der Waals surface area contributed by atoms with Crippen molar-refractivity contribution in [2.45, 2.75) is 71.4 Å². The monoisotopic (exact) mass is 309 g/mol. The molecule has 1 aromatic heterocycles. The highest BCUT2D eigenvalue weighted by atomic mass is 32.1. The van der Waals surface area contributed by atoms with Crippen LogP contribution in [0.4, 0.5) is 5.13 Å². The molecule has 1 fully saturated rings. The predicted molar refractivity (Wildman–Crippen MR) is 93.4 cm³/mol. The van der Waals surface area contributed by atoms with E-state index in [1.807, 2.05) is 18.4 Å². The Hall–Kier alpha value is -0.610. The molecule has 3 nitrogen and oxygen atoms in total. The molecule has 3 atom stereocenters. The fourth-order valence-corrected chi connectivity index (χ4v) is 4.59. The van der Waals surface area contributed by atoms with Crippen LogP contribution in [0.5, 0.6) is 0 Å². The van der Waals surface area contributed by atoms with Crippen molar-refractivity contribution in [3.8, 4) is 0 Å². The third-order valence-electron chi connectivity index (χ3n) is 5.00. The molecule has 1 aliphatic rings. The number of nitrogens with one attached hydrogen (secondary N) is 1. The second-order valence-electron chi connectivity index (χ2n) is 6.58. The van der Waals surface area contributed by atoms with E-state index in [1.54, 1.807) is 0 Å². The molecule has 1 aliphatic carbocycles. The Kier molecular flexibility index (Phi) is 6.06. The number of nitrogens with zero attached hydrogens (tertiary/aromatic N) is 2. The van der Waals surface area contributed by atoms with Crippen LogP contribution in [-0.4, -0.2) is 25.1 Å². The largest absolute Gasteiger partial charge is 0.348 e. The second-order valence-corrected chi connectivity index (χ2v) is 7.65. The van der Waals surface area contributed by atoms with E-state index in [2.05, 4.69) is 38.0 Å². The number of hydrogen-bond acceptors (Lipinski definition) is 4. The van der Waals surface area contributed by atoms with Gasteiger partial charge in [-0.15, -0.1) is 11.3 Å². The second kappa shape index (κ2) is 7.59. The zero-order valence-electron chi connectivity index (χ0n) is 14.3. The summed E-state index contributed by atoms with van der Waals surface area (Å²) in [5.41, 5.74) is 1.31. The first-order valence-corrected chi connectivity index (χ1v) is 9.27. The molecule has 120 valence electrons. The van der Waals surface area contributed by atoms with Gasteiger partial charge < -0.3 is 10.2 Å². The maximum absolute atomic E-state index is 5.01. The summed E-state index contributed by atoms with van der Waals surface area (Å²) in [5.74, 6) is 1.34. The molecule has 0 radical (unpaired) electrons. The summed E-state index contributed by atoms with van der Waals surface area (Å²) < 4.78 is 0. The summed E-state index contributed by atoms with van der Waals surface area (Å²) in [7, 11) is 4.27. The van der Waals surface area contributed by atoms with Crippen LogP contribution in [0, 0.1) is 5.92 Å². The number of hydrogen-bond donors (Lipinski definition) is 1. The van der Waals surface area contributed by atoms with E-state index in [-0.39, 0.29) is 0 Å². The van der Waals surface area contributed by atoms with Gasteiger partial charge >= 0.3 is 0 Å². The van der Waals surface area contributed by atoms with Crippen molar-refractivity contribution in [2.75, 3.05) is 19.0 Å². The zero-order valence-corrected chi connectivity index (χ0v) is 15.1. The molecule has 0 aromatic carbocycles. The molecule has 0 amide bonds. The molecule has 0 bridgehead atoms. The molecule has 3 unspecified atom stereocenters. The topological polar surface area (TPSA) is 28.2 Å². The summed E-state index contributed by atoms with van der Waals surface area (Å²) in [6.45, 7) is 7.88. The third kappa shape index (κ3) is 3.78. The molecule has 21 heavy (non-hydrogen) atoms. The lowest BCUT2D eigenvalue weighted by molar-refractivity contribution is 0.321. The van der Waals surface area contributed by atoms with Crippen LogP contribution in [0.1, 0.15) is 69.4 Å². The Balaban J connectivity index is 2.22. The SMILES string of the molecule is CCC(C)c1nc(N(C)C2CCCCC2C)sc1CNC. The van der Waals surface area contributed by atoms with Crippen LogP contribution in [0.3, 0.4) is 0 Å². The van der Waals surface area contributed by atoms with Crippen LogP contribution in [0.15, 0.2) is 0 Å². The van der Waals surface area contributed by atoms with Gasteiger partial charge in [-0.3, -0.25) is 0 Å². The molecule has 2 rings (SSSR count). The Morgan fingerprint density at radius 2 is 2.10 bits per heavy atom. The number of anilines is 1. The predicted octanol–water partition coefficient (Wildman–Crippen LogP) is 4.39. The van der Waals surface area contributed by atoms with Gasteiger partial charge in [0.15, 0.2) is 5.13 Å². The highest BCUT2D eigenvalue weighted by Crippen LogP contribution is 2.36. The van der Waals surface area contributed by atoms with Crippen molar-refractivity contribution in [1.29, 1.82) is 0 Å². The Morgan fingerprint density at radius 3 is 2.71 bits per heavy atom. The van der Waals surface area contributed by atoms with Gasteiger partial charge in [0, 0.05) is 24.5 Å². The first-order valence-electron chi connectivity index (χ1n) is 8.45. The van der Waals surface area contributed by atoms with Crippen molar-refractivity contribution < 1.29 is 0 Å². The van der Waals surface area contributed by atoms with Crippen molar-refractivity contribution in [2.24, 2.45) is 5.92 Å². The van der Waals surface area contributed by atoms with E-state index in [9.17, 15) is 0 Å². The van der Waals surface area contributed by atoms with Crippen molar-refractivity contribution >= 4 is 16.5 Å². The van der Waals surface area contributed by atoms with Crippen LogP contribution in [-0.2, 0) is 6.54 Å². The molecule has 1 N–H and O–H groups in total. The summed E-state index contributed by atoms with van der Waals surface area (Å²) in [5, 5.41) is 4.51. The van der Waals surface area contributed by atoms with Gasteiger partial charge in [-0.05, 0) is 38.1 Å². The van der Waals surface area contributed by atoms with E-state index in [0.29, 0.717) is 12.0 Å². The highest BCUT2D eigenvalue weighted by molar-refractivity contribution is 7.15. The van der Waals surface area contributed by atoms with Gasteiger partial charge in [0.25, 0.3) is 0 Å². The normalized spacial score (nSPS) is 24.0. The van der Waals surface area contributed by atoms with Gasteiger partial charge in [0.05, 0.1) is 5.69 Å². The Bertz CT molecular complexity index is 443. The third-order valence-corrected chi connectivity index (χ3v) is 6.16. The average Bonchev–Trinajstić information content (AvgIpc) is 2.91. The summed E-state index contributed by atoms with van der Waals surface area (Å²) in [6.07, 6.45) is 6.60. The van der Waals surface area contributed by atoms with E-state index in [1.165, 1.54) is 41.4 Å². The molecular formula is C17H31N3S. The van der Waals surface area contributed by atoms with Crippen LogP contribution in [0.25, 0.3) is 0 Å². The maximum Gasteiger partial charge on any atom is 0.185 e. The summed E-state index contributed by atoms with van der Waals surface area (Å²) in [4.78, 5) is 8.89. The van der Waals surface area contributed by atoms with E-state index in [0.717, 1.165) is 18.9 Å². The lowest BCUT2D eigenvalue weighted by Gasteiger charge is -2.36. The van der Waals surface area contributed by atoms with E-state index in [4.69, 9.17) is 4.98 Å². The first-order chi connectivity index (χ1) is 10.1. The minimum atomic E-state index is 0.551. The number of rotatable bonds is 6. The Morgan fingerprint density at radius 1 is 1.38 bits per heavy atom. The summed E-state index contributed by atoms with van der Waals surface area (Å²) >= 11 is 1.88. The minimum absolute atomic E-state index is 0.551. The van der Waals surface area contributed by atoms with Gasteiger partial charge in [-0.1, -0.05) is 33.6 Å². The summed E-state index contributed by atoms with van der Waals surface area (Å²) in [6, 6.07) is 0.664. The smallest absolute Gasteiger partial charge is 0.185 e. The highest BCUT2D eigenvalue weighted by Gasteiger charge is 2.27. The minimum Gasteiger partial charge on any atom is -0.348 e. The molecule has 1 aromatic rings. The molecule has 4 heteroatoms. The number of thiazole rings is 1. The van der Waals surface area contributed by atoms with Crippen LogP contribution in [0.2, 0.25) is 0 Å². The molecule has 0 spiro atoms. The van der Waals surface area contributed by atoms with Crippen molar-refractivity contribution in [3.63, 3.8) is 0 Å². The van der Waals surface area contributed by atoms with Crippen molar-refractivity contribution in [1.82, 2.24) is 10.3 Å². The van der Waals surface area contributed by atoms with Gasteiger partial charge in [-0.2, -0.15) is 0 Å². The number of aromatic nitrogens is 1. The molecule has 1 heterocycles. The van der Waals surface area contributed by atoms with E-state index >= 15 is 0 Å². The molecule has 1 saturated carbocycles. The van der Waals surface area contributed by atoms with E-state index < -0.39 is 0 Å². The average molecular weight is 310 g/mol. The standard InChI is InChI=1S/C17H31N3S/c1-6-12(2)16-15(11-18-4)21-17(19-16)20(5)14-10-8-7-9-13(14)3/h12-14,18H,6-11H2,1-5H3. The molecule has 0 aliphatic heterocycles. The van der Waals surface area contributed by atoms with Gasteiger partial charge in [0.2, 0.25) is 0 Å². The Labute approximate surface area is 134 Å². The fourth-order valence-electron chi connectivity index (χ4n) is 3.38. The van der Waals surface area contributed by atoms with Crippen LogP contribution < -0.4 is 10.2 Å². The lowest BCUT2D eigenvalue weighted by Crippen LogP contribution is -2.38. The lowest BCUT2D eigenvalue weighted by atomic mass is 9.85.